The highest BCUT2D eigenvalue weighted by Crippen LogP contribution is 2.27. The molecule has 3 amide bonds. The molecule has 206 valence electrons. The van der Waals surface area contributed by atoms with Crippen molar-refractivity contribution in [1.82, 2.24) is 20.1 Å². The van der Waals surface area contributed by atoms with E-state index < -0.39 is 47.2 Å². The molecule has 4 rings (SSSR count). The van der Waals surface area contributed by atoms with E-state index in [1.54, 1.807) is 6.07 Å². The zero-order chi connectivity index (χ0) is 29.0. The van der Waals surface area contributed by atoms with Gasteiger partial charge in [0.15, 0.2) is 6.17 Å². The van der Waals surface area contributed by atoms with Crippen LogP contribution in [0, 0.1) is 10.1 Å². The Kier molecular flexibility index (Phi) is 8.61. The molecule has 2 heterocycles. The first-order valence-corrected chi connectivity index (χ1v) is 12.6. The van der Waals surface area contributed by atoms with Crippen LogP contribution >= 0.6 is 23.2 Å². The van der Waals surface area contributed by atoms with E-state index in [1.807, 2.05) is 0 Å². The summed E-state index contributed by atoms with van der Waals surface area (Å²) >= 11 is 12.1. The predicted octanol–water partition coefficient (Wildman–Crippen LogP) is 3.55. The molecule has 0 saturated carbocycles. The number of carbonyl (C=O) groups is 4. The van der Waals surface area contributed by atoms with Gasteiger partial charge in [0.25, 0.3) is 23.4 Å². The van der Waals surface area contributed by atoms with Crippen molar-refractivity contribution in [2.45, 2.75) is 18.6 Å². The second kappa shape index (κ2) is 12.1. The molecule has 0 spiro atoms. The number of carbonyl (C=O) groups excluding carboxylic acids is 3. The molecule has 12 nitrogen and oxygen atoms in total. The quantitative estimate of drug-likeness (QED) is 0.299. The first-order valence-electron chi connectivity index (χ1n) is 11.8. The number of benzene rings is 2. The summed E-state index contributed by atoms with van der Waals surface area (Å²) in [5.41, 5.74) is 0.150. The highest BCUT2D eigenvalue weighted by molar-refractivity contribution is 6.42. The van der Waals surface area contributed by atoms with Crippen molar-refractivity contribution in [3.8, 4) is 0 Å². The zero-order valence-corrected chi connectivity index (χ0v) is 22.1. The topological polar surface area (TPSA) is 163 Å². The number of aliphatic carboxylic acids is 1. The van der Waals surface area contributed by atoms with Crippen molar-refractivity contribution in [3.63, 3.8) is 0 Å². The van der Waals surface area contributed by atoms with E-state index in [0.29, 0.717) is 0 Å². The number of nitro groups is 1. The van der Waals surface area contributed by atoms with Crippen LogP contribution in [-0.2, 0) is 9.59 Å². The van der Waals surface area contributed by atoms with Crippen molar-refractivity contribution in [1.29, 1.82) is 0 Å². The number of carboxylic acid groups (broad SMARTS) is 1. The molecule has 2 unspecified atom stereocenters. The molecule has 2 N–H and O–H groups in total. The summed E-state index contributed by atoms with van der Waals surface area (Å²) in [4.78, 5) is 69.2. The maximum absolute atomic E-state index is 13.8. The number of pyridine rings is 1. The number of rotatable bonds is 8. The highest BCUT2D eigenvalue weighted by Gasteiger charge is 2.44. The molecule has 14 heteroatoms. The van der Waals surface area contributed by atoms with Crippen LogP contribution in [0.5, 0.6) is 0 Å². The highest BCUT2D eigenvalue weighted by atomic mass is 35.5. The van der Waals surface area contributed by atoms with Crippen LogP contribution in [-0.4, -0.2) is 67.8 Å². The molecule has 2 atom stereocenters. The zero-order valence-electron chi connectivity index (χ0n) is 20.6. The molecule has 1 aromatic heterocycles. The summed E-state index contributed by atoms with van der Waals surface area (Å²) in [6.07, 6.45) is 0.693. The fraction of sp³-hybridized carbons (Fsp3) is 0.192. The van der Waals surface area contributed by atoms with Gasteiger partial charge in [-0.15, -0.1) is 0 Å². The number of nitrogens with zero attached hydrogens (tertiary/aromatic N) is 4. The van der Waals surface area contributed by atoms with Gasteiger partial charge in [-0.25, -0.2) is 0 Å². The summed E-state index contributed by atoms with van der Waals surface area (Å²) in [6.45, 7) is -0.0388. The average molecular weight is 586 g/mol. The molecular formula is C26H21Cl2N5O7. The number of amides is 3. The standard InChI is InChI=1S/C26H21Cl2N5O7/c27-19-7-6-16(12-20(19)28)25(37)31-9-10-32(26(38)17-4-2-8-29-14-17)24(31)23(36)30-21(13-22(34)35)15-3-1-5-18(11-15)33(39)40/h1-8,11-12,14,21,24H,9-10,13H2,(H,30,36)(H,34,35). The number of nitrogens with one attached hydrogen (secondary N) is 1. The molecule has 0 radical (unpaired) electrons. The van der Waals surface area contributed by atoms with Gasteiger partial charge in [-0.2, -0.15) is 0 Å². The minimum absolute atomic E-state index is 0.0146. The molecule has 1 saturated heterocycles. The van der Waals surface area contributed by atoms with Crippen LogP contribution in [0.25, 0.3) is 0 Å². The number of nitro benzene ring substituents is 1. The summed E-state index contributed by atoms with van der Waals surface area (Å²) in [5, 5.41) is 23.7. The van der Waals surface area contributed by atoms with Crippen molar-refractivity contribution in [2.75, 3.05) is 13.1 Å². The fourth-order valence-corrected chi connectivity index (χ4v) is 4.61. The van der Waals surface area contributed by atoms with E-state index >= 15 is 0 Å². The average Bonchev–Trinajstić information content (AvgIpc) is 3.39. The normalized spacial score (nSPS) is 15.4. The van der Waals surface area contributed by atoms with Gasteiger partial charge in [-0.1, -0.05) is 35.3 Å². The summed E-state index contributed by atoms with van der Waals surface area (Å²) in [7, 11) is 0. The summed E-state index contributed by atoms with van der Waals surface area (Å²) < 4.78 is 0. The first-order chi connectivity index (χ1) is 19.1. The van der Waals surface area contributed by atoms with E-state index in [2.05, 4.69) is 10.3 Å². The number of carboxylic acids is 1. The summed E-state index contributed by atoms with van der Waals surface area (Å²) in [5.74, 6) is -3.34. The molecule has 1 fully saturated rings. The second-order valence-electron chi connectivity index (χ2n) is 8.75. The Hall–Kier alpha value is -4.55. The molecular weight excluding hydrogens is 565 g/mol. The van der Waals surface area contributed by atoms with Crippen molar-refractivity contribution < 1.29 is 29.2 Å². The van der Waals surface area contributed by atoms with Gasteiger partial charge in [0.2, 0.25) is 0 Å². The lowest BCUT2D eigenvalue weighted by Crippen LogP contribution is -2.54. The number of non-ortho nitro benzene ring substituents is 1. The van der Waals surface area contributed by atoms with Gasteiger partial charge in [0, 0.05) is 43.2 Å². The van der Waals surface area contributed by atoms with E-state index in [0.717, 1.165) is 11.0 Å². The Labute approximate surface area is 237 Å². The lowest BCUT2D eigenvalue weighted by Gasteiger charge is -2.31. The third-order valence-corrected chi connectivity index (χ3v) is 6.92. The Balaban J connectivity index is 1.70. The molecule has 1 aliphatic heterocycles. The van der Waals surface area contributed by atoms with Gasteiger partial charge in [0.05, 0.1) is 33.0 Å². The van der Waals surface area contributed by atoms with E-state index in [9.17, 15) is 34.4 Å². The maximum Gasteiger partial charge on any atom is 0.305 e. The Morgan fingerprint density at radius 2 is 1.70 bits per heavy atom. The lowest BCUT2D eigenvalue weighted by atomic mass is 10.0. The van der Waals surface area contributed by atoms with Gasteiger partial charge < -0.3 is 20.2 Å². The Bertz CT molecular complexity index is 1490. The molecule has 3 aromatic rings. The van der Waals surface area contributed by atoms with Crippen molar-refractivity contribution >= 4 is 52.6 Å². The molecule has 1 aliphatic rings. The largest absolute Gasteiger partial charge is 0.481 e. The molecule has 40 heavy (non-hydrogen) atoms. The van der Waals surface area contributed by atoms with Gasteiger partial charge in [-0.05, 0) is 35.9 Å². The number of aromatic nitrogens is 1. The predicted molar refractivity (Wildman–Crippen MR) is 143 cm³/mol. The fourth-order valence-electron chi connectivity index (χ4n) is 4.31. The van der Waals surface area contributed by atoms with Crippen LogP contribution in [0.2, 0.25) is 10.0 Å². The van der Waals surface area contributed by atoms with Gasteiger partial charge in [0.1, 0.15) is 0 Å². The van der Waals surface area contributed by atoms with Crippen molar-refractivity contribution in [3.05, 3.63) is 104 Å². The van der Waals surface area contributed by atoms with Crippen LogP contribution < -0.4 is 5.32 Å². The minimum Gasteiger partial charge on any atom is -0.481 e. The third kappa shape index (κ3) is 6.19. The lowest BCUT2D eigenvalue weighted by molar-refractivity contribution is -0.384. The first kappa shape index (κ1) is 28.5. The van der Waals surface area contributed by atoms with Crippen LogP contribution in [0.1, 0.15) is 38.7 Å². The van der Waals surface area contributed by atoms with Crippen molar-refractivity contribution in [2.24, 2.45) is 0 Å². The SMILES string of the molecule is O=C(O)CC(NC(=O)C1N(C(=O)c2cccnc2)CCN1C(=O)c1ccc(Cl)c(Cl)c1)c1cccc([N+](=O)[O-])c1. The smallest absolute Gasteiger partial charge is 0.305 e. The number of hydrogen-bond acceptors (Lipinski definition) is 7. The maximum atomic E-state index is 13.8. The molecule has 2 aromatic carbocycles. The Morgan fingerprint density at radius 3 is 2.30 bits per heavy atom. The second-order valence-corrected chi connectivity index (χ2v) is 9.57. The van der Waals surface area contributed by atoms with E-state index in [4.69, 9.17) is 23.2 Å². The van der Waals surface area contributed by atoms with Gasteiger partial charge >= 0.3 is 5.97 Å². The molecule has 0 bridgehead atoms. The van der Waals surface area contributed by atoms with Crippen LogP contribution in [0.15, 0.2) is 67.0 Å². The summed E-state index contributed by atoms with van der Waals surface area (Å²) in [6, 6.07) is 11.2. The van der Waals surface area contributed by atoms with Crippen LogP contribution in [0.4, 0.5) is 5.69 Å². The minimum atomic E-state index is -1.48. The number of hydrogen-bond donors (Lipinski definition) is 2. The van der Waals surface area contributed by atoms with Gasteiger partial charge in [-0.3, -0.25) is 34.3 Å². The van der Waals surface area contributed by atoms with E-state index in [1.165, 1.54) is 59.8 Å². The Morgan fingerprint density at radius 1 is 1.00 bits per heavy atom. The number of halogens is 2. The monoisotopic (exact) mass is 585 g/mol. The van der Waals surface area contributed by atoms with E-state index in [-0.39, 0.29) is 45.5 Å². The third-order valence-electron chi connectivity index (χ3n) is 6.18. The molecule has 0 aliphatic carbocycles. The van der Waals surface area contributed by atoms with Crippen LogP contribution in [0.3, 0.4) is 0 Å².